The quantitative estimate of drug-likeness (QED) is 0.749. The zero-order chi connectivity index (χ0) is 9.60. The smallest absolute Gasteiger partial charge is 0.0688 e. The predicted octanol–water partition coefficient (Wildman–Crippen LogP) is 1.55. The fourth-order valence-corrected chi connectivity index (χ4v) is 2.15. The van der Waals surface area contributed by atoms with Crippen molar-refractivity contribution in [2.24, 2.45) is 5.73 Å². The van der Waals surface area contributed by atoms with E-state index in [9.17, 15) is 0 Å². The molecule has 1 aromatic heterocycles. The van der Waals surface area contributed by atoms with Crippen molar-refractivity contribution in [3.63, 3.8) is 0 Å². The molecule has 1 fully saturated rings. The van der Waals surface area contributed by atoms with E-state index in [4.69, 9.17) is 5.73 Å². The molecule has 2 aromatic rings. The Bertz CT molecular complexity index is 468. The summed E-state index contributed by atoms with van der Waals surface area (Å²) in [5, 5.41) is 8.32. The highest BCUT2D eigenvalue weighted by Crippen LogP contribution is 2.48. The number of hydrogen-bond acceptors (Lipinski definition) is 2. The number of fused-ring (bicyclic) bond motifs is 1. The molecule has 3 rings (SSSR count). The van der Waals surface area contributed by atoms with Crippen LogP contribution in [0.4, 0.5) is 0 Å². The van der Waals surface area contributed by atoms with E-state index in [1.165, 1.54) is 23.8 Å². The van der Waals surface area contributed by atoms with E-state index in [1.807, 2.05) is 6.20 Å². The number of aromatic nitrogens is 2. The van der Waals surface area contributed by atoms with Gasteiger partial charge in [0.1, 0.15) is 0 Å². The standard InChI is InChI=1S/C11H13N3/c12-7-11(4-5-11)9-3-1-2-8-6-13-14-10(8)9/h1-3,6H,4-5,7,12H2,(H,13,14). The molecule has 1 saturated carbocycles. The van der Waals surface area contributed by atoms with Crippen LogP contribution in [0.5, 0.6) is 0 Å². The van der Waals surface area contributed by atoms with Crippen molar-refractivity contribution in [1.29, 1.82) is 0 Å². The van der Waals surface area contributed by atoms with Gasteiger partial charge in [-0.1, -0.05) is 18.2 Å². The van der Waals surface area contributed by atoms with Crippen molar-refractivity contribution in [2.45, 2.75) is 18.3 Å². The molecule has 14 heavy (non-hydrogen) atoms. The topological polar surface area (TPSA) is 54.7 Å². The lowest BCUT2D eigenvalue weighted by molar-refractivity contribution is 0.709. The summed E-state index contributed by atoms with van der Waals surface area (Å²) in [5.41, 5.74) is 8.57. The van der Waals surface area contributed by atoms with Crippen molar-refractivity contribution < 1.29 is 0 Å². The molecule has 1 aliphatic carbocycles. The maximum Gasteiger partial charge on any atom is 0.0688 e. The number of nitrogens with zero attached hydrogens (tertiary/aromatic N) is 1. The van der Waals surface area contributed by atoms with E-state index in [0.717, 1.165) is 12.1 Å². The van der Waals surface area contributed by atoms with E-state index in [0.29, 0.717) is 0 Å². The SMILES string of the molecule is NCC1(c2cccc3cn[nH]c23)CC1. The molecule has 3 nitrogen and oxygen atoms in total. The molecule has 1 heterocycles. The molecule has 0 unspecified atom stereocenters. The van der Waals surface area contributed by atoms with E-state index in [1.54, 1.807) is 0 Å². The molecule has 0 bridgehead atoms. The van der Waals surface area contributed by atoms with Gasteiger partial charge in [0.15, 0.2) is 0 Å². The maximum atomic E-state index is 5.83. The first-order valence-corrected chi connectivity index (χ1v) is 4.98. The van der Waals surface area contributed by atoms with Gasteiger partial charge in [-0.15, -0.1) is 0 Å². The zero-order valence-corrected chi connectivity index (χ0v) is 7.96. The number of nitrogens with one attached hydrogen (secondary N) is 1. The summed E-state index contributed by atoms with van der Waals surface area (Å²) < 4.78 is 0. The minimum atomic E-state index is 0.242. The number of hydrogen-bond donors (Lipinski definition) is 2. The van der Waals surface area contributed by atoms with Crippen LogP contribution in [0.1, 0.15) is 18.4 Å². The molecule has 3 heteroatoms. The van der Waals surface area contributed by atoms with Crippen LogP contribution < -0.4 is 5.73 Å². The van der Waals surface area contributed by atoms with E-state index >= 15 is 0 Å². The summed E-state index contributed by atoms with van der Waals surface area (Å²) in [6, 6.07) is 6.33. The van der Waals surface area contributed by atoms with Gasteiger partial charge in [-0.05, 0) is 18.4 Å². The van der Waals surface area contributed by atoms with Gasteiger partial charge in [0.25, 0.3) is 0 Å². The minimum absolute atomic E-state index is 0.242. The highest BCUT2D eigenvalue weighted by atomic mass is 15.1. The molecule has 72 valence electrons. The molecule has 0 aliphatic heterocycles. The summed E-state index contributed by atoms with van der Waals surface area (Å²) in [5.74, 6) is 0. The number of nitrogens with two attached hydrogens (primary N) is 1. The Morgan fingerprint density at radius 1 is 1.43 bits per heavy atom. The van der Waals surface area contributed by atoms with Crippen LogP contribution in [0.2, 0.25) is 0 Å². The first-order valence-electron chi connectivity index (χ1n) is 4.98. The third kappa shape index (κ3) is 0.930. The van der Waals surface area contributed by atoms with Crippen molar-refractivity contribution in [2.75, 3.05) is 6.54 Å². The number of rotatable bonds is 2. The number of benzene rings is 1. The van der Waals surface area contributed by atoms with Crippen LogP contribution in [0.3, 0.4) is 0 Å². The summed E-state index contributed by atoms with van der Waals surface area (Å²) >= 11 is 0. The summed E-state index contributed by atoms with van der Waals surface area (Å²) in [6.07, 6.45) is 4.29. The molecule has 0 spiro atoms. The predicted molar refractivity (Wildman–Crippen MR) is 56.1 cm³/mol. The first-order chi connectivity index (χ1) is 6.86. The molecular weight excluding hydrogens is 174 g/mol. The Labute approximate surface area is 82.3 Å². The van der Waals surface area contributed by atoms with Crippen LogP contribution in [0, 0.1) is 0 Å². The van der Waals surface area contributed by atoms with Gasteiger partial charge < -0.3 is 5.73 Å². The molecule has 0 radical (unpaired) electrons. The minimum Gasteiger partial charge on any atom is -0.330 e. The maximum absolute atomic E-state index is 5.83. The highest BCUT2D eigenvalue weighted by Gasteiger charge is 2.44. The number of para-hydroxylation sites is 1. The lowest BCUT2D eigenvalue weighted by atomic mass is 9.94. The van der Waals surface area contributed by atoms with Gasteiger partial charge in [-0.25, -0.2) is 0 Å². The second kappa shape index (κ2) is 2.58. The van der Waals surface area contributed by atoms with Gasteiger partial charge in [0, 0.05) is 17.3 Å². The van der Waals surface area contributed by atoms with E-state index in [2.05, 4.69) is 28.4 Å². The van der Waals surface area contributed by atoms with E-state index in [-0.39, 0.29) is 5.41 Å². The lowest BCUT2D eigenvalue weighted by Crippen LogP contribution is -2.19. The van der Waals surface area contributed by atoms with Crippen molar-refractivity contribution >= 4 is 10.9 Å². The Kier molecular flexibility index (Phi) is 1.47. The van der Waals surface area contributed by atoms with E-state index < -0.39 is 0 Å². The lowest BCUT2D eigenvalue weighted by Gasteiger charge is -2.13. The zero-order valence-electron chi connectivity index (χ0n) is 7.96. The second-order valence-electron chi connectivity index (χ2n) is 4.12. The Morgan fingerprint density at radius 3 is 3.00 bits per heavy atom. The summed E-state index contributed by atoms with van der Waals surface area (Å²) in [6.45, 7) is 0.741. The normalized spacial score (nSPS) is 18.6. The fraction of sp³-hybridized carbons (Fsp3) is 0.364. The monoisotopic (exact) mass is 187 g/mol. The molecule has 0 amide bonds. The highest BCUT2D eigenvalue weighted by molar-refractivity contribution is 5.82. The molecule has 0 saturated heterocycles. The summed E-state index contributed by atoms with van der Waals surface area (Å²) in [4.78, 5) is 0. The number of aromatic amines is 1. The third-order valence-corrected chi connectivity index (χ3v) is 3.29. The largest absolute Gasteiger partial charge is 0.330 e. The van der Waals surface area contributed by atoms with Crippen LogP contribution in [0.15, 0.2) is 24.4 Å². The average molecular weight is 187 g/mol. The van der Waals surface area contributed by atoms with Gasteiger partial charge in [-0.3, -0.25) is 5.10 Å². The van der Waals surface area contributed by atoms with Crippen LogP contribution in [-0.4, -0.2) is 16.7 Å². The van der Waals surface area contributed by atoms with Gasteiger partial charge in [0.05, 0.1) is 11.7 Å². The first kappa shape index (κ1) is 8.00. The van der Waals surface area contributed by atoms with Gasteiger partial charge >= 0.3 is 0 Å². The molecule has 1 aromatic carbocycles. The average Bonchev–Trinajstić information content (AvgIpc) is 2.87. The van der Waals surface area contributed by atoms with Gasteiger partial charge in [-0.2, -0.15) is 5.10 Å². The number of H-pyrrole nitrogens is 1. The molecule has 1 aliphatic rings. The Balaban J connectivity index is 2.25. The van der Waals surface area contributed by atoms with Crippen molar-refractivity contribution in [1.82, 2.24) is 10.2 Å². The summed E-state index contributed by atoms with van der Waals surface area (Å²) in [7, 11) is 0. The van der Waals surface area contributed by atoms with Crippen molar-refractivity contribution in [3.05, 3.63) is 30.0 Å². The van der Waals surface area contributed by atoms with Crippen LogP contribution in [0.25, 0.3) is 10.9 Å². The van der Waals surface area contributed by atoms with Gasteiger partial charge in [0.2, 0.25) is 0 Å². The second-order valence-corrected chi connectivity index (χ2v) is 4.12. The Hall–Kier alpha value is -1.35. The van der Waals surface area contributed by atoms with Crippen LogP contribution >= 0.6 is 0 Å². The van der Waals surface area contributed by atoms with Crippen molar-refractivity contribution in [3.8, 4) is 0 Å². The van der Waals surface area contributed by atoms with Crippen LogP contribution in [-0.2, 0) is 5.41 Å². The Morgan fingerprint density at radius 2 is 2.29 bits per heavy atom. The fourth-order valence-electron chi connectivity index (χ4n) is 2.15. The third-order valence-electron chi connectivity index (χ3n) is 3.29. The molecule has 3 N–H and O–H groups in total. The molecular formula is C11H13N3. The molecule has 0 atom stereocenters.